The van der Waals surface area contributed by atoms with Crippen LogP contribution in [0.3, 0.4) is 0 Å². The van der Waals surface area contributed by atoms with Crippen LogP contribution in [0.5, 0.6) is 0 Å². The molecule has 8 nitrogen and oxygen atoms in total. The Hall–Kier alpha value is -2.48. The summed E-state index contributed by atoms with van der Waals surface area (Å²) in [5.74, 6) is -0.619. The van der Waals surface area contributed by atoms with E-state index in [1.54, 1.807) is 0 Å². The number of halogens is 3. The van der Waals surface area contributed by atoms with Crippen molar-refractivity contribution in [2.24, 2.45) is 0 Å². The fraction of sp³-hybridized carbons (Fsp3) is 0.409. The third-order valence-electron chi connectivity index (χ3n) is 6.11. The smallest absolute Gasteiger partial charge is 0.336 e. The molecule has 2 fully saturated rings. The number of carbonyl (C=O) groups excluding carboxylic acids is 1. The van der Waals surface area contributed by atoms with Crippen LogP contribution in [-0.4, -0.2) is 75.5 Å². The Labute approximate surface area is 202 Å². The van der Waals surface area contributed by atoms with Crippen LogP contribution in [0, 0.1) is 0 Å². The summed E-state index contributed by atoms with van der Waals surface area (Å²) >= 11 is 0. The first-order valence-corrected chi connectivity index (χ1v) is 13.9. The van der Waals surface area contributed by atoms with Crippen LogP contribution in [-0.2, 0) is 26.2 Å². The summed E-state index contributed by atoms with van der Waals surface area (Å²) in [6.45, 7) is 0.606. The third-order valence-corrected chi connectivity index (χ3v) is 9.90. The molecule has 190 valence electrons. The highest BCUT2D eigenvalue weighted by Crippen LogP contribution is 2.30. The number of sulfonamides is 2. The van der Waals surface area contributed by atoms with Crippen molar-refractivity contribution in [2.45, 2.75) is 28.8 Å². The van der Waals surface area contributed by atoms with E-state index in [0.29, 0.717) is 13.1 Å². The SMILES string of the molecule is O=C(c1cccc(C(F)(F)F)c1)N1CCN(S(=O)(=O)c2cccc(S(=O)(=O)N3CCCC3)c2)CC1. The van der Waals surface area contributed by atoms with Crippen molar-refractivity contribution in [3.63, 3.8) is 0 Å². The number of hydrogen-bond acceptors (Lipinski definition) is 5. The summed E-state index contributed by atoms with van der Waals surface area (Å²) in [4.78, 5) is 13.7. The lowest BCUT2D eigenvalue weighted by molar-refractivity contribution is -0.137. The van der Waals surface area contributed by atoms with Gasteiger partial charge in [-0.15, -0.1) is 0 Å². The van der Waals surface area contributed by atoms with Crippen molar-refractivity contribution in [3.8, 4) is 0 Å². The van der Waals surface area contributed by atoms with Gasteiger partial charge in [0.15, 0.2) is 0 Å². The van der Waals surface area contributed by atoms with Gasteiger partial charge in [-0.25, -0.2) is 16.8 Å². The van der Waals surface area contributed by atoms with Gasteiger partial charge in [0.25, 0.3) is 5.91 Å². The maximum Gasteiger partial charge on any atom is 0.416 e. The van der Waals surface area contributed by atoms with Crippen LogP contribution >= 0.6 is 0 Å². The van der Waals surface area contributed by atoms with Crippen LogP contribution in [0.15, 0.2) is 58.3 Å². The fourth-order valence-electron chi connectivity index (χ4n) is 4.16. The average molecular weight is 532 g/mol. The molecule has 0 saturated carbocycles. The summed E-state index contributed by atoms with van der Waals surface area (Å²) in [7, 11) is -7.84. The van der Waals surface area contributed by atoms with Crippen molar-refractivity contribution < 1.29 is 34.8 Å². The lowest BCUT2D eigenvalue weighted by Crippen LogP contribution is -2.50. The van der Waals surface area contributed by atoms with Gasteiger partial charge in [0, 0.05) is 44.8 Å². The lowest BCUT2D eigenvalue weighted by Gasteiger charge is -2.34. The molecule has 2 aliphatic rings. The number of rotatable bonds is 5. The van der Waals surface area contributed by atoms with E-state index in [0.717, 1.165) is 41.4 Å². The van der Waals surface area contributed by atoms with Gasteiger partial charge in [0.2, 0.25) is 20.0 Å². The van der Waals surface area contributed by atoms with E-state index in [2.05, 4.69) is 0 Å². The maximum absolute atomic E-state index is 13.2. The number of benzene rings is 2. The highest BCUT2D eigenvalue weighted by molar-refractivity contribution is 7.90. The molecule has 2 aromatic rings. The van der Waals surface area contributed by atoms with Crippen molar-refractivity contribution in [1.82, 2.24) is 13.5 Å². The molecule has 2 saturated heterocycles. The van der Waals surface area contributed by atoms with Gasteiger partial charge in [-0.2, -0.15) is 21.8 Å². The normalized spacial score (nSPS) is 18.7. The van der Waals surface area contributed by atoms with E-state index in [9.17, 15) is 34.8 Å². The van der Waals surface area contributed by atoms with Gasteiger partial charge in [0.05, 0.1) is 15.4 Å². The molecule has 0 N–H and O–H groups in total. The summed E-state index contributed by atoms with van der Waals surface area (Å²) in [5.41, 5.74) is -1.07. The highest BCUT2D eigenvalue weighted by Gasteiger charge is 2.34. The average Bonchev–Trinajstić information content (AvgIpc) is 3.39. The molecule has 2 aliphatic heterocycles. The minimum Gasteiger partial charge on any atom is -0.336 e. The monoisotopic (exact) mass is 531 g/mol. The Morgan fingerprint density at radius 1 is 0.714 bits per heavy atom. The van der Waals surface area contributed by atoms with Gasteiger partial charge in [-0.3, -0.25) is 4.79 Å². The van der Waals surface area contributed by atoms with Crippen LogP contribution < -0.4 is 0 Å². The van der Waals surface area contributed by atoms with Gasteiger partial charge in [0.1, 0.15) is 0 Å². The van der Waals surface area contributed by atoms with Gasteiger partial charge in [-0.05, 0) is 49.2 Å². The predicted molar refractivity (Wildman–Crippen MR) is 121 cm³/mol. The summed E-state index contributed by atoms with van der Waals surface area (Å²) in [5, 5.41) is 0. The fourth-order valence-corrected chi connectivity index (χ4v) is 7.27. The van der Waals surface area contributed by atoms with Crippen molar-refractivity contribution >= 4 is 26.0 Å². The van der Waals surface area contributed by atoms with Crippen LogP contribution in [0.4, 0.5) is 13.2 Å². The molecule has 35 heavy (non-hydrogen) atoms. The molecule has 0 unspecified atom stereocenters. The van der Waals surface area contributed by atoms with E-state index in [-0.39, 0.29) is 41.5 Å². The van der Waals surface area contributed by atoms with E-state index in [1.807, 2.05) is 0 Å². The number of piperazine rings is 1. The first-order chi connectivity index (χ1) is 16.4. The van der Waals surface area contributed by atoms with Crippen LogP contribution in [0.2, 0.25) is 0 Å². The second-order valence-corrected chi connectivity index (χ2v) is 12.2. The minimum atomic E-state index is -4.58. The highest BCUT2D eigenvalue weighted by atomic mass is 32.2. The topological polar surface area (TPSA) is 95.1 Å². The van der Waals surface area contributed by atoms with E-state index in [1.165, 1.54) is 33.5 Å². The van der Waals surface area contributed by atoms with E-state index >= 15 is 0 Å². The number of alkyl halides is 3. The van der Waals surface area contributed by atoms with Crippen LogP contribution in [0.1, 0.15) is 28.8 Å². The minimum absolute atomic E-state index is 0.0138. The molecular weight excluding hydrogens is 507 g/mol. The molecule has 0 aliphatic carbocycles. The lowest BCUT2D eigenvalue weighted by atomic mass is 10.1. The van der Waals surface area contributed by atoms with E-state index < -0.39 is 37.7 Å². The first kappa shape index (κ1) is 25.6. The Kier molecular flexibility index (Phi) is 6.97. The molecule has 2 heterocycles. The van der Waals surface area contributed by atoms with E-state index in [4.69, 9.17) is 0 Å². The summed E-state index contributed by atoms with van der Waals surface area (Å²) in [6.07, 6.45) is -3.08. The molecule has 4 rings (SSSR count). The van der Waals surface area contributed by atoms with Gasteiger partial charge in [-0.1, -0.05) is 12.1 Å². The van der Waals surface area contributed by atoms with Crippen molar-refractivity contribution in [3.05, 3.63) is 59.7 Å². The second-order valence-electron chi connectivity index (χ2n) is 8.36. The van der Waals surface area contributed by atoms with Gasteiger partial charge >= 0.3 is 6.18 Å². The third kappa shape index (κ3) is 5.22. The zero-order valence-corrected chi connectivity index (χ0v) is 20.2. The molecule has 1 amide bonds. The summed E-state index contributed by atoms with van der Waals surface area (Å²) in [6, 6.07) is 9.29. The molecule has 0 aromatic heterocycles. The number of amides is 1. The Morgan fingerprint density at radius 2 is 1.23 bits per heavy atom. The largest absolute Gasteiger partial charge is 0.416 e. The number of carbonyl (C=O) groups is 1. The van der Waals surface area contributed by atoms with Gasteiger partial charge < -0.3 is 4.90 Å². The molecule has 0 spiro atoms. The zero-order valence-electron chi connectivity index (χ0n) is 18.6. The zero-order chi connectivity index (χ0) is 25.4. The molecule has 0 bridgehead atoms. The Morgan fingerprint density at radius 3 is 1.77 bits per heavy atom. The second kappa shape index (κ2) is 9.52. The molecule has 0 atom stereocenters. The van der Waals surface area contributed by atoms with Crippen molar-refractivity contribution in [1.29, 1.82) is 0 Å². The quantitative estimate of drug-likeness (QED) is 0.591. The van der Waals surface area contributed by atoms with Crippen LogP contribution in [0.25, 0.3) is 0 Å². The predicted octanol–water partition coefficient (Wildman–Crippen LogP) is 2.64. The molecule has 2 aromatic carbocycles. The Balaban J connectivity index is 1.47. The maximum atomic E-state index is 13.2. The number of hydrogen-bond donors (Lipinski definition) is 0. The Bertz CT molecular complexity index is 1320. The molecule has 0 radical (unpaired) electrons. The first-order valence-electron chi connectivity index (χ1n) is 11.0. The summed E-state index contributed by atoms with van der Waals surface area (Å²) < 4.78 is 93.4. The van der Waals surface area contributed by atoms with Crippen molar-refractivity contribution in [2.75, 3.05) is 39.3 Å². The molecule has 13 heteroatoms. The number of nitrogens with zero attached hydrogens (tertiary/aromatic N) is 3. The standard InChI is InChI=1S/C22H24F3N3O5S2/c23-22(24,25)18-6-3-5-17(15-18)21(29)26-11-13-28(14-12-26)35(32,33)20-8-4-7-19(16-20)34(30,31)27-9-1-2-10-27/h3-8,15-16H,1-2,9-14H2. The molecular formula is C22H24F3N3O5S2.